The van der Waals surface area contributed by atoms with Gasteiger partial charge in [-0.2, -0.15) is 0 Å². The largest absolute Gasteiger partial charge is 0.333 e. The molecule has 5 atom stereocenters. The van der Waals surface area contributed by atoms with Gasteiger partial charge in [0.1, 0.15) is 0 Å². The molecule has 0 spiro atoms. The lowest BCUT2D eigenvalue weighted by Gasteiger charge is -2.38. The van der Waals surface area contributed by atoms with Crippen LogP contribution in [0.4, 0.5) is 11.4 Å². The van der Waals surface area contributed by atoms with Gasteiger partial charge in [0.05, 0.1) is 23.1 Å². The first-order valence-corrected chi connectivity index (χ1v) is 17.8. The molecule has 5 aliphatic carbocycles. The summed E-state index contributed by atoms with van der Waals surface area (Å²) < 4.78 is 0. The average molecular weight is 614 g/mol. The molecule has 0 radical (unpaired) electrons. The van der Waals surface area contributed by atoms with Gasteiger partial charge in [-0.1, -0.05) is 99.7 Å². The van der Waals surface area contributed by atoms with Crippen LogP contribution < -0.4 is 4.90 Å². The van der Waals surface area contributed by atoms with E-state index < -0.39 is 0 Å². The number of aromatic nitrogens is 2. The first-order chi connectivity index (χ1) is 22.9. The van der Waals surface area contributed by atoms with Gasteiger partial charge < -0.3 is 4.90 Å². The quantitative estimate of drug-likeness (QED) is 0.274. The monoisotopic (exact) mass is 613 g/mol. The van der Waals surface area contributed by atoms with E-state index >= 15 is 0 Å². The summed E-state index contributed by atoms with van der Waals surface area (Å²) in [7, 11) is 0. The average Bonchev–Trinajstić information content (AvgIpc) is 3.53. The van der Waals surface area contributed by atoms with Crippen LogP contribution in [0.3, 0.4) is 0 Å². The molecule has 3 heteroatoms. The van der Waals surface area contributed by atoms with Crippen LogP contribution >= 0.6 is 0 Å². The van der Waals surface area contributed by atoms with Crippen molar-refractivity contribution >= 4 is 16.9 Å². The fourth-order valence-electron chi connectivity index (χ4n) is 9.66. The van der Waals surface area contributed by atoms with E-state index in [4.69, 9.17) is 9.97 Å². The highest BCUT2D eigenvalue weighted by Crippen LogP contribution is 2.66. The second-order valence-electron chi connectivity index (χ2n) is 15.2. The van der Waals surface area contributed by atoms with Gasteiger partial charge in [-0.05, 0) is 103 Å². The predicted octanol–water partition coefficient (Wildman–Crippen LogP) is 10.8. The number of rotatable bonds is 4. The van der Waals surface area contributed by atoms with E-state index in [0.29, 0.717) is 11.8 Å². The second kappa shape index (κ2) is 10.8. The topological polar surface area (TPSA) is 29.0 Å². The van der Waals surface area contributed by atoms with Crippen LogP contribution in [0.15, 0.2) is 108 Å². The molecule has 0 bridgehead atoms. The third-order valence-corrected chi connectivity index (χ3v) is 12.0. The van der Waals surface area contributed by atoms with Crippen molar-refractivity contribution in [1.82, 2.24) is 9.97 Å². The van der Waals surface area contributed by atoms with Gasteiger partial charge in [0.25, 0.3) is 0 Å². The highest BCUT2D eigenvalue weighted by molar-refractivity contribution is 5.78. The highest BCUT2D eigenvalue weighted by atomic mass is 15.2. The SMILES string of the molecule is CC1(C)C2=CC3c4c#cccc4N(c4ccc(-c5cc(C6C=CCCC6)nc(C6=CCCC=C6)n5)cc4)C3C=C2C2(C)CCC=CC12. The summed E-state index contributed by atoms with van der Waals surface area (Å²) in [5.74, 6) is 1.99. The third kappa shape index (κ3) is 4.48. The Bertz CT molecular complexity index is 1930. The van der Waals surface area contributed by atoms with E-state index in [-0.39, 0.29) is 22.8 Å². The minimum Gasteiger partial charge on any atom is -0.333 e. The summed E-state index contributed by atoms with van der Waals surface area (Å²) >= 11 is 0. The molecule has 1 aliphatic heterocycles. The fourth-order valence-corrected chi connectivity index (χ4v) is 9.66. The molecule has 2 aromatic carbocycles. The van der Waals surface area contributed by atoms with Crippen LogP contribution in [0.2, 0.25) is 0 Å². The van der Waals surface area contributed by atoms with Gasteiger partial charge in [0, 0.05) is 34.2 Å². The Morgan fingerprint density at radius 1 is 0.872 bits per heavy atom. The van der Waals surface area contributed by atoms with Crippen LogP contribution in [-0.2, 0) is 0 Å². The minimum atomic E-state index is 0.113. The normalized spacial score (nSPS) is 29.6. The van der Waals surface area contributed by atoms with Crippen molar-refractivity contribution in [3.8, 4) is 11.3 Å². The number of fused-ring (bicyclic) bond motifs is 6. The van der Waals surface area contributed by atoms with Crippen LogP contribution in [0.25, 0.3) is 16.8 Å². The van der Waals surface area contributed by atoms with Crippen molar-refractivity contribution in [2.75, 3.05) is 4.90 Å². The third-order valence-electron chi connectivity index (χ3n) is 12.0. The van der Waals surface area contributed by atoms with Gasteiger partial charge in [-0.25, -0.2) is 9.97 Å². The molecule has 9 rings (SSSR count). The molecule has 1 saturated carbocycles. The smallest absolute Gasteiger partial charge is 0.159 e. The summed E-state index contributed by atoms with van der Waals surface area (Å²) in [6.45, 7) is 7.44. The van der Waals surface area contributed by atoms with Gasteiger partial charge >= 0.3 is 0 Å². The molecular formula is C44H43N3. The Labute approximate surface area is 280 Å². The van der Waals surface area contributed by atoms with Gasteiger partial charge in [0.15, 0.2) is 5.82 Å². The molecule has 1 fully saturated rings. The lowest BCUT2D eigenvalue weighted by atomic mass is 9.66. The van der Waals surface area contributed by atoms with E-state index in [1.165, 1.54) is 29.8 Å². The molecule has 0 saturated heterocycles. The lowest BCUT2D eigenvalue weighted by Crippen LogP contribution is -2.32. The first-order valence-electron chi connectivity index (χ1n) is 17.8. The Kier molecular flexibility index (Phi) is 6.62. The van der Waals surface area contributed by atoms with Crippen LogP contribution in [-0.4, -0.2) is 16.0 Å². The molecular weight excluding hydrogens is 571 g/mol. The van der Waals surface area contributed by atoms with Crippen LogP contribution in [0, 0.1) is 28.9 Å². The molecule has 234 valence electrons. The zero-order valence-electron chi connectivity index (χ0n) is 27.8. The Hall–Kier alpha value is -4.42. The van der Waals surface area contributed by atoms with Crippen molar-refractivity contribution in [3.63, 3.8) is 0 Å². The molecule has 47 heavy (non-hydrogen) atoms. The highest BCUT2D eigenvalue weighted by Gasteiger charge is 2.57. The maximum atomic E-state index is 5.15. The molecule has 6 aliphatic rings. The van der Waals surface area contributed by atoms with Crippen molar-refractivity contribution in [2.45, 2.75) is 83.6 Å². The van der Waals surface area contributed by atoms with Crippen molar-refractivity contribution in [3.05, 3.63) is 138 Å². The lowest BCUT2D eigenvalue weighted by molar-refractivity contribution is 0.198. The number of benzene rings is 1. The molecule has 5 unspecified atom stereocenters. The van der Waals surface area contributed by atoms with Crippen LogP contribution in [0.5, 0.6) is 0 Å². The molecule has 3 nitrogen and oxygen atoms in total. The number of hydrogen-bond donors (Lipinski definition) is 0. The Morgan fingerprint density at radius 3 is 2.55 bits per heavy atom. The molecule has 0 amide bonds. The Balaban J connectivity index is 1.11. The maximum Gasteiger partial charge on any atom is 0.159 e. The van der Waals surface area contributed by atoms with Crippen molar-refractivity contribution in [2.24, 2.45) is 16.7 Å². The number of anilines is 2. The maximum absolute atomic E-state index is 5.15. The Morgan fingerprint density at radius 2 is 1.74 bits per heavy atom. The van der Waals surface area contributed by atoms with E-state index in [1.54, 1.807) is 11.1 Å². The van der Waals surface area contributed by atoms with E-state index in [2.05, 4.69) is 129 Å². The summed E-state index contributed by atoms with van der Waals surface area (Å²) in [4.78, 5) is 12.8. The molecule has 0 N–H and O–H groups in total. The molecule has 2 heterocycles. The van der Waals surface area contributed by atoms with Crippen molar-refractivity contribution < 1.29 is 0 Å². The second-order valence-corrected chi connectivity index (χ2v) is 15.2. The van der Waals surface area contributed by atoms with E-state index in [1.807, 2.05) is 6.07 Å². The van der Waals surface area contributed by atoms with Gasteiger partial charge in [-0.15, -0.1) is 0 Å². The molecule has 1 aromatic heterocycles. The summed E-state index contributed by atoms with van der Waals surface area (Å²) in [6.07, 6.45) is 29.6. The van der Waals surface area contributed by atoms with Gasteiger partial charge in [0.2, 0.25) is 0 Å². The number of nitrogens with zero attached hydrogens (tertiary/aromatic N) is 3. The minimum absolute atomic E-state index is 0.113. The number of allylic oxidation sites excluding steroid dienone is 10. The van der Waals surface area contributed by atoms with Crippen molar-refractivity contribution in [1.29, 1.82) is 0 Å². The van der Waals surface area contributed by atoms with Crippen LogP contribution in [0.1, 0.15) is 94.6 Å². The number of hydrogen-bond acceptors (Lipinski definition) is 3. The predicted molar refractivity (Wildman–Crippen MR) is 192 cm³/mol. The summed E-state index contributed by atoms with van der Waals surface area (Å²) in [5, 5.41) is 0. The standard InChI is InChI=1S/C44H43N3/c1-43(2)35-26-34-33-18-10-11-19-39(33)47(40(34)27-36(35)44(3)25-13-12-20-41(43)44)32-23-21-30(22-24-32)38-28-37(29-14-6-4-7-15-29)45-42(46-38)31-16-8-5-9-17-31/h6,8,11-12,14,16-17,19-24,26-29,34,40-41H,4-5,7,9,13,15,25H2,1-3H3. The van der Waals surface area contributed by atoms with E-state index in [0.717, 1.165) is 60.5 Å². The first kappa shape index (κ1) is 28.8. The zero-order chi connectivity index (χ0) is 31.8. The summed E-state index contributed by atoms with van der Waals surface area (Å²) in [5.41, 5.74) is 11.5. The molecule has 3 aromatic rings. The summed E-state index contributed by atoms with van der Waals surface area (Å²) in [6, 6.07) is 22.7. The fraction of sp³-hybridized carbons (Fsp3) is 0.364. The van der Waals surface area contributed by atoms with E-state index in [9.17, 15) is 0 Å². The zero-order valence-corrected chi connectivity index (χ0v) is 27.8. The van der Waals surface area contributed by atoms with Gasteiger partial charge in [-0.3, -0.25) is 0 Å².